The highest BCUT2D eigenvalue weighted by atomic mass is 14.9. The minimum Gasteiger partial charge on any atom is -0.383 e. The molecule has 0 bridgehead atoms. The van der Waals surface area contributed by atoms with Crippen LogP contribution in [0.3, 0.4) is 0 Å². The Morgan fingerprint density at radius 1 is 1.14 bits per heavy atom. The van der Waals surface area contributed by atoms with Crippen LogP contribution in [0.1, 0.15) is 16.7 Å². The van der Waals surface area contributed by atoms with Crippen LogP contribution in [0.2, 0.25) is 0 Å². The van der Waals surface area contributed by atoms with Crippen LogP contribution in [0.4, 0.5) is 5.82 Å². The monoisotopic (exact) mass is 288 g/mol. The van der Waals surface area contributed by atoms with E-state index in [1.165, 1.54) is 0 Å². The van der Waals surface area contributed by atoms with E-state index in [-0.39, 0.29) is 5.82 Å². The summed E-state index contributed by atoms with van der Waals surface area (Å²) in [5, 5.41) is 9.37. The van der Waals surface area contributed by atoms with Crippen molar-refractivity contribution in [3.8, 4) is 28.6 Å². The molecule has 0 fully saturated rings. The van der Waals surface area contributed by atoms with E-state index >= 15 is 0 Å². The first-order valence-corrected chi connectivity index (χ1v) is 7.02. The number of hydrogen-bond donors (Lipinski definition) is 2. The Kier molecular flexibility index (Phi) is 3.40. The summed E-state index contributed by atoms with van der Waals surface area (Å²) in [6.07, 6.45) is 1.82. The number of nitrogens with zero attached hydrogens (tertiary/aromatic N) is 2. The van der Waals surface area contributed by atoms with Gasteiger partial charge in [0.05, 0.1) is 5.69 Å². The number of H-pyrrole nitrogens is 1. The maximum atomic E-state index is 9.37. The number of aromatic amines is 1. The normalized spacial score (nSPS) is 10.4. The average molecular weight is 288 g/mol. The first kappa shape index (κ1) is 13.9. The van der Waals surface area contributed by atoms with E-state index in [4.69, 9.17) is 5.73 Å². The molecule has 2 heterocycles. The third-order valence-corrected chi connectivity index (χ3v) is 3.72. The van der Waals surface area contributed by atoms with Crippen molar-refractivity contribution in [3.05, 3.63) is 59.3 Å². The van der Waals surface area contributed by atoms with E-state index < -0.39 is 0 Å². The molecule has 3 N–H and O–H groups in total. The summed E-state index contributed by atoms with van der Waals surface area (Å²) < 4.78 is 0. The molecule has 0 aliphatic carbocycles. The summed E-state index contributed by atoms with van der Waals surface area (Å²) in [7, 11) is 0. The Labute approximate surface area is 129 Å². The number of nitrogen functional groups attached to an aromatic ring is 1. The van der Waals surface area contributed by atoms with Crippen molar-refractivity contribution in [3.63, 3.8) is 0 Å². The second-order valence-corrected chi connectivity index (χ2v) is 5.33. The Balaban J connectivity index is 2.27. The molecule has 22 heavy (non-hydrogen) atoms. The van der Waals surface area contributed by atoms with Crippen LogP contribution < -0.4 is 5.73 Å². The predicted molar refractivity (Wildman–Crippen MR) is 88.1 cm³/mol. The number of benzene rings is 1. The quantitative estimate of drug-likeness (QED) is 0.752. The summed E-state index contributed by atoms with van der Waals surface area (Å²) in [6, 6.07) is 14.1. The van der Waals surface area contributed by atoms with Crippen molar-refractivity contribution in [1.82, 2.24) is 9.97 Å². The lowest BCUT2D eigenvalue weighted by Gasteiger charge is -2.11. The van der Waals surface area contributed by atoms with Gasteiger partial charge in [0, 0.05) is 23.0 Å². The van der Waals surface area contributed by atoms with Gasteiger partial charge in [0.15, 0.2) is 0 Å². The number of nitriles is 1. The third-order valence-electron chi connectivity index (χ3n) is 3.72. The minimum atomic E-state index is 0.255. The first-order valence-electron chi connectivity index (χ1n) is 7.02. The summed E-state index contributed by atoms with van der Waals surface area (Å²) >= 11 is 0. The largest absolute Gasteiger partial charge is 0.383 e. The lowest BCUT2D eigenvalue weighted by Crippen LogP contribution is -2.00. The number of nitrogens with two attached hydrogens (primary N) is 1. The third kappa shape index (κ3) is 2.33. The zero-order valence-electron chi connectivity index (χ0n) is 12.5. The molecule has 108 valence electrons. The second-order valence-electron chi connectivity index (χ2n) is 5.33. The zero-order chi connectivity index (χ0) is 15.7. The smallest absolute Gasteiger partial charge is 0.142 e. The number of pyridine rings is 1. The van der Waals surface area contributed by atoms with Crippen molar-refractivity contribution in [2.75, 3.05) is 5.73 Å². The van der Waals surface area contributed by atoms with Gasteiger partial charge in [-0.15, -0.1) is 0 Å². The van der Waals surface area contributed by atoms with E-state index in [9.17, 15) is 5.26 Å². The van der Waals surface area contributed by atoms with Gasteiger partial charge in [0.25, 0.3) is 0 Å². The lowest BCUT2D eigenvalue weighted by atomic mass is 9.98. The molecule has 0 atom stereocenters. The number of nitrogens with one attached hydrogen (secondary N) is 1. The molecule has 3 aromatic rings. The number of rotatable bonds is 2. The molecule has 0 radical (unpaired) electrons. The van der Waals surface area contributed by atoms with Crippen LogP contribution in [-0.4, -0.2) is 9.97 Å². The number of aromatic nitrogens is 2. The number of aryl methyl sites for hydroxylation is 2. The van der Waals surface area contributed by atoms with Gasteiger partial charge in [-0.2, -0.15) is 5.26 Å². The minimum absolute atomic E-state index is 0.255. The Bertz CT molecular complexity index is 871. The standard InChI is InChI=1S/C18H16N4/c1-11-5-6-12(2)13(8-11)17-9-14(16-4-3-7-21-16)15(10-19)18(20)22-17/h3-9,21H,1-2H3,(H2,20,22). The van der Waals surface area contributed by atoms with Gasteiger partial charge in [-0.05, 0) is 43.7 Å². The molecule has 0 unspecified atom stereocenters. The summed E-state index contributed by atoms with van der Waals surface area (Å²) in [4.78, 5) is 7.55. The highest BCUT2D eigenvalue weighted by Crippen LogP contribution is 2.31. The van der Waals surface area contributed by atoms with Crippen molar-refractivity contribution in [2.24, 2.45) is 0 Å². The van der Waals surface area contributed by atoms with E-state index in [0.717, 1.165) is 33.6 Å². The molecule has 2 aromatic heterocycles. The van der Waals surface area contributed by atoms with E-state index in [2.05, 4.69) is 34.2 Å². The molecule has 0 spiro atoms. The van der Waals surface area contributed by atoms with Crippen LogP contribution in [0.15, 0.2) is 42.6 Å². The number of anilines is 1. The molecule has 0 saturated heterocycles. The van der Waals surface area contributed by atoms with Crippen molar-refractivity contribution in [1.29, 1.82) is 5.26 Å². The molecule has 0 amide bonds. The van der Waals surface area contributed by atoms with Gasteiger partial charge >= 0.3 is 0 Å². The van der Waals surface area contributed by atoms with Gasteiger partial charge in [-0.3, -0.25) is 0 Å². The lowest BCUT2D eigenvalue weighted by molar-refractivity contribution is 1.27. The van der Waals surface area contributed by atoms with Crippen LogP contribution >= 0.6 is 0 Å². The Morgan fingerprint density at radius 2 is 1.95 bits per heavy atom. The molecule has 0 aliphatic heterocycles. The van der Waals surface area contributed by atoms with E-state index in [0.29, 0.717) is 5.56 Å². The topological polar surface area (TPSA) is 78.5 Å². The fraction of sp³-hybridized carbons (Fsp3) is 0.111. The number of hydrogen-bond acceptors (Lipinski definition) is 3. The van der Waals surface area contributed by atoms with Crippen LogP contribution in [0.5, 0.6) is 0 Å². The Morgan fingerprint density at radius 3 is 2.64 bits per heavy atom. The summed E-state index contributed by atoms with van der Waals surface area (Å²) in [5.74, 6) is 0.255. The molecule has 4 nitrogen and oxygen atoms in total. The van der Waals surface area contributed by atoms with Crippen molar-refractivity contribution >= 4 is 5.82 Å². The SMILES string of the molecule is Cc1ccc(C)c(-c2cc(-c3ccc[nH]3)c(C#N)c(N)n2)c1. The summed E-state index contributed by atoms with van der Waals surface area (Å²) in [5.41, 5.74) is 12.1. The fourth-order valence-electron chi connectivity index (χ4n) is 2.54. The van der Waals surface area contributed by atoms with Gasteiger partial charge in [-0.25, -0.2) is 4.98 Å². The van der Waals surface area contributed by atoms with E-state index in [1.54, 1.807) is 0 Å². The molecule has 3 rings (SSSR count). The van der Waals surface area contributed by atoms with Crippen LogP contribution in [-0.2, 0) is 0 Å². The molecular weight excluding hydrogens is 272 g/mol. The molecule has 0 saturated carbocycles. The Hall–Kier alpha value is -3.06. The van der Waals surface area contributed by atoms with Gasteiger partial charge in [-0.1, -0.05) is 17.7 Å². The molecule has 0 aliphatic rings. The van der Waals surface area contributed by atoms with Gasteiger partial charge in [0.2, 0.25) is 0 Å². The summed E-state index contributed by atoms with van der Waals surface area (Å²) in [6.45, 7) is 4.08. The average Bonchev–Trinajstić information content (AvgIpc) is 3.03. The highest BCUT2D eigenvalue weighted by Gasteiger charge is 2.14. The molecule has 1 aromatic carbocycles. The highest BCUT2D eigenvalue weighted by molar-refractivity contribution is 5.79. The first-order chi connectivity index (χ1) is 10.6. The van der Waals surface area contributed by atoms with E-state index in [1.807, 2.05) is 38.2 Å². The van der Waals surface area contributed by atoms with Crippen LogP contribution in [0.25, 0.3) is 22.5 Å². The molecular formula is C18H16N4. The predicted octanol–water partition coefficient (Wildman–Crippen LogP) is 3.81. The van der Waals surface area contributed by atoms with Gasteiger partial charge in [0.1, 0.15) is 17.5 Å². The van der Waals surface area contributed by atoms with Crippen molar-refractivity contribution in [2.45, 2.75) is 13.8 Å². The van der Waals surface area contributed by atoms with Gasteiger partial charge < -0.3 is 10.7 Å². The zero-order valence-corrected chi connectivity index (χ0v) is 12.5. The fourth-order valence-corrected chi connectivity index (χ4v) is 2.54. The maximum absolute atomic E-state index is 9.37. The van der Waals surface area contributed by atoms with Crippen molar-refractivity contribution < 1.29 is 0 Å². The van der Waals surface area contributed by atoms with Crippen LogP contribution in [0, 0.1) is 25.2 Å². The molecule has 4 heteroatoms. The second kappa shape index (κ2) is 5.38. The maximum Gasteiger partial charge on any atom is 0.142 e.